The molecule has 4 heteroatoms. The number of hydrogen-bond acceptors (Lipinski definition) is 4. The second-order valence-electron chi connectivity index (χ2n) is 5.13. The molecule has 18 heavy (non-hydrogen) atoms. The van der Waals surface area contributed by atoms with Crippen LogP contribution < -0.4 is 19.7 Å². The lowest BCUT2D eigenvalue weighted by Crippen LogP contribution is -2.41. The van der Waals surface area contributed by atoms with Gasteiger partial charge in [0.15, 0.2) is 11.5 Å². The molecule has 4 nitrogen and oxygen atoms in total. The van der Waals surface area contributed by atoms with E-state index in [1.54, 1.807) is 14.2 Å². The van der Waals surface area contributed by atoms with Crippen LogP contribution in [0, 0.1) is 5.92 Å². The van der Waals surface area contributed by atoms with Gasteiger partial charge in [0.25, 0.3) is 0 Å². The summed E-state index contributed by atoms with van der Waals surface area (Å²) in [6, 6.07) is 4.73. The van der Waals surface area contributed by atoms with Crippen LogP contribution in [-0.4, -0.2) is 33.4 Å². The number of nitrogens with one attached hydrogen (secondary N) is 1. The van der Waals surface area contributed by atoms with Gasteiger partial charge in [-0.25, -0.2) is 0 Å². The maximum atomic E-state index is 5.40. The van der Waals surface area contributed by atoms with Crippen LogP contribution in [0.25, 0.3) is 0 Å². The predicted octanol–water partition coefficient (Wildman–Crippen LogP) is 2.34. The van der Waals surface area contributed by atoms with E-state index in [4.69, 9.17) is 9.47 Å². The first kappa shape index (κ1) is 11.5. The van der Waals surface area contributed by atoms with Crippen LogP contribution in [0.1, 0.15) is 13.3 Å². The minimum Gasteiger partial charge on any atom is -0.493 e. The molecule has 0 aromatic heterocycles. The molecule has 1 fully saturated rings. The fourth-order valence-electron chi connectivity index (χ4n) is 3.08. The van der Waals surface area contributed by atoms with Crippen molar-refractivity contribution in [3.8, 4) is 11.5 Å². The van der Waals surface area contributed by atoms with Crippen molar-refractivity contribution in [1.29, 1.82) is 0 Å². The Kier molecular flexibility index (Phi) is 2.73. The monoisotopic (exact) mass is 248 g/mol. The number of anilines is 2. The van der Waals surface area contributed by atoms with Gasteiger partial charge in [-0.2, -0.15) is 0 Å². The van der Waals surface area contributed by atoms with Crippen LogP contribution in [0.2, 0.25) is 0 Å². The molecule has 2 aliphatic heterocycles. The normalized spacial score (nSPS) is 25.2. The molecule has 0 spiro atoms. The summed E-state index contributed by atoms with van der Waals surface area (Å²) in [5.41, 5.74) is 2.39. The fourth-order valence-corrected chi connectivity index (χ4v) is 3.08. The Morgan fingerprint density at radius 1 is 1.22 bits per heavy atom. The lowest BCUT2D eigenvalue weighted by molar-refractivity contribution is 0.355. The molecule has 1 aromatic rings. The molecule has 2 atom stereocenters. The van der Waals surface area contributed by atoms with E-state index < -0.39 is 0 Å². The molecule has 3 rings (SSSR count). The van der Waals surface area contributed by atoms with Crippen molar-refractivity contribution in [3.63, 3.8) is 0 Å². The first-order valence-electron chi connectivity index (χ1n) is 6.51. The van der Waals surface area contributed by atoms with Gasteiger partial charge in [-0.1, -0.05) is 6.92 Å². The molecule has 1 saturated heterocycles. The number of ether oxygens (including phenoxy) is 2. The van der Waals surface area contributed by atoms with Gasteiger partial charge in [0.05, 0.1) is 25.6 Å². The highest BCUT2D eigenvalue weighted by Gasteiger charge is 2.35. The summed E-state index contributed by atoms with van der Waals surface area (Å²) < 4.78 is 10.7. The zero-order chi connectivity index (χ0) is 12.7. The van der Waals surface area contributed by atoms with Crippen molar-refractivity contribution in [1.82, 2.24) is 0 Å². The fraction of sp³-hybridized carbons (Fsp3) is 0.571. The van der Waals surface area contributed by atoms with E-state index >= 15 is 0 Å². The number of benzene rings is 1. The number of methoxy groups -OCH3 is 2. The molecule has 0 aliphatic carbocycles. The molecule has 0 bridgehead atoms. The van der Waals surface area contributed by atoms with Gasteiger partial charge in [-0.15, -0.1) is 0 Å². The largest absolute Gasteiger partial charge is 0.493 e. The topological polar surface area (TPSA) is 33.7 Å². The number of rotatable bonds is 2. The molecule has 2 unspecified atom stereocenters. The van der Waals surface area contributed by atoms with E-state index in [1.165, 1.54) is 12.1 Å². The van der Waals surface area contributed by atoms with Crippen molar-refractivity contribution < 1.29 is 9.47 Å². The van der Waals surface area contributed by atoms with Crippen LogP contribution in [0.3, 0.4) is 0 Å². The molecule has 2 aliphatic rings. The summed E-state index contributed by atoms with van der Waals surface area (Å²) >= 11 is 0. The molecule has 0 radical (unpaired) electrons. The van der Waals surface area contributed by atoms with Gasteiger partial charge in [0.2, 0.25) is 0 Å². The predicted molar refractivity (Wildman–Crippen MR) is 73.0 cm³/mol. The standard InChI is InChI=1S/C14H20N2O2/c1-9-4-5-16-11-7-14(18-3)13(17-2)6-10(11)15-8-12(9)16/h6-7,9,12,15H,4-5,8H2,1-3H3. The third kappa shape index (κ3) is 1.59. The molecular weight excluding hydrogens is 228 g/mol. The highest BCUT2D eigenvalue weighted by Crippen LogP contribution is 2.44. The SMILES string of the molecule is COc1cc2c(cc1OC)N1CCC(C)C1CN2. The van der Waals surface area contributed by atoms with Crippen LogP contribution >= 0.6 is 0 Å². The van der Waals surface area contributed by atoms with Crippen LogP contribution in [0.5, 0.6) is 11.5 Å². The van der Waals surface area contributed by atoms with Gasteiger partial charge in [0.1, 0.15) is 0 Å². The molecule has 2 heterocycles. The highest BCUT2D eigenvalue weighted by atomic mass is 16.5. The van der Waals surface area contributed by atoms with Gasteiger partial charge < -0.3 is 19.7 Å². The molecular formula is C14H20N2O2. The first-order valence-corrected chi connectivity index (χ1v) is 6.51. The minimum absolute atomic E-state index is 0.607. The Bertz CT molecular complexity index is 461. The quantitative estimate of drug-likeness (QED) is 0.871. The maximum Gasteiger partial charge on any atom is 0.162 e. The highest BCUT2D eigenvalue weighted by molar-refractivity contribution is 5.77. The van der Waals surface area contributed by atoms with Gasteiger partial charge in [-0.3, -0.25) is 0 Å². The third-order valence-corrected chi connectivity index (χ3v) is 4.20. The van der Waals surface area contributed by atoms with Gasteiger partial charge in [0, 0.05) is 31.3 Å². The molecule has 0 amide bonds. The Morgan fingerprint density at radius 3 is 2.67 bits per heavy atom. The minimum atomic E-state index is 0.607. The Labute approximate surface area is 108 Å². The number of hydrogen-bond donors (Lipinski definition) is 1. The van der Waals surface area contributed by atoms with E-state index in [0.29, 0.717) is 6.04 Å². The first-order chi connectivity index (χ1) is 8.74. The van der Waals surface area contributed by atoms with Crippen molar-refractivity contribution in [2.24, 2.45) is 5.92 Å². The number of fused-ring (bicyclic) bond motifs is 3. The molecule has 1 aromatic carbocycles. The van der Waals surface area contributed by atoms with E-state index in [2.05, 4.69) is 23.2 Å². The van der Waals surface area contributed by atoms with Crippen LogP contribution in [0.15, 0.2) is 12.1 Å². The second-order valence-corrected chi connectivity index (χ2v) is 5.13. The summed E-state index contributed by atoms with van der Waals surface area (Å²) in [7, 11) is 3.36. The van der Waals surface area contributed by atoms with E-state index in [0.717, 1.165) is 36.2 Å². The van der Waals surface area contributed by atoms with E-state index in [9.17, 15) is 0 Å². The second kappa shape index (κ2) is 4.26. The Hall–Kier alpha value is -1.58. The summed E-state index contributed by atoms with van der Waals surface area (Å²) in [6.07, 6.45) is 1.26. The number of nitrogens with zero attached hydrogens (tertiary/aromatic N) is 1. The lowest BCUT2D eigenvalue weighted by atomic mass is 10.0. The van der Waals surface area contributed by atoms with Crippen molar-refractivity contribution in [2.45, 2.75) is 19.4 Å². The Morgan fingerprint density at radius 2 is 1.94 bits per heavy atom. The molecule has 98 valence electrons. The molecule has 0 saturated carbocycles. The average Bonchev–Trinajstić information content (AvgIpc) is 2.79. The van der Waals surface area contributed by atoms with Gasteiger partial charge >= 0.3 is 0 Å². The van der Waals surface area contributed by atoms with Crippen LogP contribution in [0.4, 0.5) is 11.4 Å². The zero-order valence-electron chi connectivity index (χ0n) is 11.2. The third-order valence-electron chi connectivity index (χ3n) is 4.20. The smallest absolute Gasteiger partial charge is 0.162 e. The summed E-state index contributed by atoms with van der Waals surface area (Å²) in [6.45, 7) is 4.48. The van der Waals surface area contributed by atoms with Crippen molar-refractivity contribution in [3.05, 3.63) is 12.1 Å². The van der Waals surface area contributed by atoms with Crippen molar-refractivity contribution >= 4 is 11.4 Å². The van der Waals surface area contributed by atoms with E-state index in [1.807, 2.05) is 6.07 Å². The summed E-state index contributed by atoms with van der Waals surface area (Å²) in [5.74, 6) is 2.34. The Balaban J connectivity index is 2.04. The molecule has 1 N–H and O–H groups in total. The summed E-state index contributed by atoms with van der Waals surface area (Å²) in [5, 5.41) is 3.51. The van der Waals surface area contributed by atoms with E-state index in [-0.39, 0.29) is 0 Å². The maximum absolute atomic E-state index is 5.40. The van der Waals surface area contributed by atoms with Gasteiger partial charge in [-0.05, 0) is 12.3 Å². The lowest BCUT2D eigenvalue weighted by Gasteiger charge is -2.36. The van der Waals surface area contributed by atoms with Crippen molar-refractivity contribution in [2.75, 3.05) is 37.5 Å². The zero-order valence-corrected chi connectivity index (χ0v) is 11.2. The van der Waals surface area contributed by atoms with Crippen LogP contribution in [-0.2, 0) is 0 Å². The summed E-state index contributed by atoms with van der Waals surface area (Å²) in [4.78, 5) is 2.50. The average molecular weight is 248 g/mol.